The molecule has 0 aromatic rings. The van der Waals surface area contributed by atoms with Gasteiger partial charge in [-0.1, -0.05) is 6.92 Å². The Morgan fingerprint density at radius 1 is 1.35 bits per heavy atom. The smallest absolute Gasteiger partial charge is 0.0619 e. The average Bonchev–Trinajstić information content (AvgIpc) is 2.40. The fourth-order valence-electron chi connectivity index (χ4n) is 3.17. The van der Waals surface area contributed by atoms with Crippen LogP contribution in [0.3, 0.4) is 0 Å². The van der Waals surface area contributed by atoms with Crippen molar-refractivity contribution < 1.29 is 4.74 Å². The summed E-state index contributed by atoms with van der Waals surface area (Å²) in [5.74, 6) is 0.825. The van der Waals surface area contributed by atoms with Crippen molar-refractivity contribution in [1.29, 1.82) is 0 Å². The van der Waals surface area contributed by atoms with Crippen molar-refractivity contribution in [3.63, 3.8) is 0 Å². The number of piperidine rings is 1. The second-order valence-corrected chi connectivity index (χ2v) is 5.66. The van der Waals surface area contributed by atoms with Crippen molar-refractivity contribution in [3.05, 3.63) is 0 Å². The maximum atomic E-state index is 5.54. The molecule has 0 radical (unpaired) electrons. The lowest BCUT2D eigenvalue weighted by atomic mass is 9.91. The molecule has 2 saturated heterocycles. The van der Waals surface area contributed by atoms with Crippen LogP contribution in [0.2, 0.25) is 0 Å². The van der Waals surface area contributed by atoms with E-state index in [2.05, 4.69) is 24.1 Å². The second kappa shape index (κ2) is 6.72. The van der Waals surface area contributed by atoms with Crippen molar-refractivity contribution in [2.45, 2.75) is 51.6 Å². The van der Waals surface area contributed by atoms with Crippen LogP contribution in [0.15, 0.2) is 0 Å². The molecule has 1 N–H and O–H groups in total. The summed E-state index contributed by atoms with van der Waals surface area (Å²) >= 11 is 0. The molecule has 0 amide bonds. The molecule has 0 spiro atoms. The number of rotatable bonds is 4. The van der Waals surface area contributed by atoms with Gasteiger partial charge in [0, 0.05) is 25.2 Å². The molecule has 2 rings (SSSR count). The van der Waals surface area contributed by atoms with Gasteiger partial charge in [0.25, 0.3) is 0 Å². The van der Waals surface area contributed by atoms with E-state index in [1.807, 2.05) is 0 Å². The molecule has 100 valence electrons. The standard InChI is InChI=1S/C14H28N2O/c1-3-16-8-4-6-13(10-16)12(2)15-14-7-5-9-17-11-14/h12-15H,3-11H2,1-2H3. The van der Waals surface area contributed by atoms with Crippen molar-refractivity contribution in [2.24, 2.45) is 5.92 Å². The molecule has 0 aliphatic carbocycles. The fourth-order valence-corrected chi connectivity index (χ4v) is 3.17. The van der Waals surface area contributed by atoms with Crippen LogP contribution in [0, 0.1) is 5.92 Å². The average molecular weight is 240 g/mol. The normalized spacial score (nSPS) is 33.5. The Labute approximate surface area is 106 Å². The Morgan fingerprint density at radius 3 is 2.94 bits per heavy atom. The molecule has 2 heterocycles. The first kappa shape index (κ1) is 13.3. The predicted molar refractivity (Wildman–Crippen MR) is 71.3 cm³/mol. The van der Waals surface area contributed by atoms with Gasteiger partial charge in [-0.05, 0) is 51.6 Å². The van der Waals surface area contributed by atoms with Crippen LogP contribution in [0.25, 0.3) is 0 Å². The lowest BCUT2D eigenvalue weighted by Gasteiger charge is -2.37. The summed E-state index contributed by atoms with van der Waals surface area (Å²) < 4.78 is 5.54. The number of nitrogens with zero attached hydrogens (tertiary/aromatic N) is 1. The van der Waals surface area contributed by atoms with Gasteiger partial charge in [0.1, 0.15) is 0 Å². The third-order valence-corrected chi connectivity index (χ3v) is 4.36. The number of likely N-dealkylation sites (tertiary alicyclic amines) is 1. The summed E-state index contributed by atoms with van der Waals surface area (Å²) in [6.45, 7) is 10.3. The van der Waals surface area contributed by atoms with Crippen LogP contribution in [0.1, 0.15) is 39.5 Å². The van der Waals surface area contributed by atoms with Crippen molar-refractivity contribution in [2.75, 3.05) is 32.8 Å². The zero-order chi connectivity index (χ0) is 12.1. The van der Waals surface area contributed by atoms with E-state index < -0.39 is 0 Å². The lowest BCUT2D eigenvalue weighted by molar-refractivity contribution is 0.0593. The lowest BCUT2D eigenvalue weighted by Crippen LogP contribution is -2.49. The summed E-state index contributed by atoms with van der Waals surface area (Å²) in [4.78, 5) is 2.59. The highest BCUT2D eigenvalue weighted by Crippen LogP contribution is 2.20. The van der Waals surface area contributed by atoms with Gasteiger partial charge in [0.15, 0.2) is 0 Å². The number of nitrogens with one attached hydrogen (secondary N) is 1. The summed E-state index contributed by atoms with van der Waals surface area (Å²) in [5, 5.41) is 3.78. The Morgan fingerprint density at radius 2 is 2.24 bits per heavy atom. The molecule has 2 fully saturated rings. The number of ether oxygens (including phenoxy) is 1. The minimum Gasteiger partial charge on any atom is -0.380 e. The van der Waals surface area contributed by atoms with E-state index in [0.29, 0.717) is 12.1 Å². The molecule has 3 heteroatoms. The highest BCUT2D eigenvalue weighted by Gasteiger charge is 2.26. The molecular formula is C14H28N2O. The van der Waals surface area contributed by atoms with Crippen LogP contribution in [-0.2, 0) is 4.74 Å². The topological polar surface area (TPSA) is 24.5 Å². The molecule has 0 aromatic carbocycles. The Bertz CT molecular complexity index is 216. The zero-order valence-corrected chi connectivity index (χ0v) is 11.5. The summed E-state index contributed by atoms with van der Waals surface area (Å²) in [6.07, 6.45) is 5.26. The first-order valence-electron chi connectivity index (χ1n) is 7.35. The molecule has 3 nitrogen and oxygen atoms in total. The van der Waals surface area contributed by atoms with Gasteiger partial charge in [-0.15, -0.1) is 0 Å². The van der Waals surface area contributed by atoms with Gasteiger partial charge in [-0.3, -0.25) is 0 Å². The van der Waals surface area contributed by atoms with Gasteiger partial charge >= 0.3 is 0 Å². The summed E-state index contributed by atoms with van der Waals surface area (Å²) in [5.41, 5.74) is 0. The molecule has 0 aromatic heterocycles. The highest BCUT2D eigenvalue weighted by atomic mass is 16.5. The molecule has 0 saturated carbocycles. The monoisotopic (exact) mass is 240 g/mol. The zero-order valence-electron chi connectivity index (χ0n) is 11.5. The van der Waals surface area contributed by atoms with Gasteiger partial charge in [-0.25, -0.2) is 0 Å². The van der Waals surface area contributed by atoms with Gasteiger partial charge < -0.3 is 15.0 Å². The number of hydrogen-bond donors (Lipinski definition) is 1. The van der Waals surface area contributed by atoms with E-state index in [-0.39, 0.29) is 0 Å². The van der Waals surface area contributed by atoms with Crippen LogP contribution < -0.4 is 5.32 Å². The molecule has 17 heavy (non-hydrogen) atoms. The molecular weight excluding hydrogens is 212 g/mol. The van der Waals surface area contributed by atoms with Gasteiger partial charge in [0.05, 0.1) is 6.61 Å². The number of hydrogen-bond acceptors (Lipinski definition) is 3. The molecule has 0 bridgehead atoms. The Kier molecular flexibility index (Phi) is 5.26. The maximum Gasteiger partial charge on any atom is 0.0619 e. The quantitative estimate of drug-likeness (QED) is 0.812. The summed E-state index contributed by atoms with van der Waals surface area (Å²) in [6, 6.07) is 1.23. The van der Waals surface area contributed by atoms with Gasteiger partial charge in [0.2, 0.25) is 0 Å². The van der Waals surface area contributed by atoms with Crippen molar-refractivity contribution in [1.82, 2.24) is 10.2 Å². The minimum absolute atomic E-state index is 0.593. The SMILES string of the molecule is CCN1CCCC(C(C)NC2CCCOC2)C1. The van der Waals surface area contributed by atoms with Crippen molar-refractivity contribution >= 4 is 0 Å². The van der Waals surface area contributed by atoms with E-state index in [9.17, 15) is 0 Å². The predicted octanol–water partition coefficient (Wildman–Crippen LogP) is 1.88. The van der Waals surface area contributed by atoms with E-state index in [1.165, 1.54) is 45.3 Å². The largest absolute Gasteiger partial charge is 0.380 e. The van der Waals surface area contributed by atoms with Gasteiger partial charge in [-0.2, -0.15) is 0 Å². The first-order chi connectivity index (χ1) is 8.29. The molecule has 2 aliphatic rings. The van der Waals surface area contributed by atoms with Crippen LogP contribution >= 0.6 is 0 Å². The van der Waals surface area contributed by atoms with E-state index in [1.54, 1.807) is 0 Å². The van der Waals surface area contributed by atoms with E-state index >= 15 is 0 Å². The van der Waals surface area contributed by atoms with Crippen LogP contribution in [0.4, 0.5) is 0 Å². The molecule has 2 aliphatic heterocycles. The Balaban J connectivity index is 1.75. The first-order valence-corrected chi connectivity index (χ1v) is 7.35. The van der Waals surface area contributed by atoms with Crippen LogP contribution in [0.5, 0.6) is 0 Å². The maximum absolute atomic E-state index is 5.54. The Hall–Kier alpha value is -0.120. The molecule has 3 unspecified atom stereocenters. The highest BCUT2D eigenvalue weighted by molar-refractivity contribution is 4.83. The van der Waals surface area contributed by atoms with E-state index in [4.69, 9.17) is 4.74 Å². The third kappa shape index (κ3) is 3.94. The fraction of sp³-hybridized carbons (Fsp3) is 1.00. The van der Waals surface area contributed by atoms with Crippen LogP contribution in [-0.4, -0.2) is 49.8 Å². The molecule has 3 atom stereocenters. The minimum atomic E-state index is 0.593. The summed E-state index contributed by atoms with van der Waals surface area (Å²) in [7, 11) is 0. The van der Waals surface area contributed by atoms with Crippen molar-refractivity contribution in [3.8, 4) is 0 Å². The second-order valence-electron chi connectivity index (χ2n) is 5.66. The van der Waals surface area contributed by atoms with E-state index in [0.717, 1.165) is 19.1 Å². The third-order valence-electron chi connectivity index (χ3n) is 4.36.